The molecule has 1 aromatic rings. The molecule has 1 fully saturated rings. The van der Waals surface area contributed by atoms with Gasteiger partial charge in [-0.25, -0.2) is 13.4 Å². The van der Waals surface area contributed by atoms with Crippen molar-refractivity contribution in [3.05, 3.63) is 22.7 Å². The van der Waals surface area contributed by atoms with Crippen LogP contribution in [0.3, 0.4) is 0 Å². The van der Waals surface area contributed by atoms with Crippen molar-refractivity contribution in [2.75, 3.05) is 18.8 Å². The fourth-order valence-corrected chi connectivity index (χ4v) is 3.48. The SMILES string of the molecule is Cc1cc(S(=O)(=O)NN2CCCCC2)cc(N)c1Cl. The van der Waals surface area contributed by atoms with Crippen molar-refractivity contribution in [3.8, 4) is 0 Å². The van der Waals surface area contributed by atoms with Crippen LogP contribution in [0.25, 0.3) is 0 Å². The Hall–Kier alpha value is -0.820. The first-order chi connectivity index (χ1) is 8.90. The molecule has 2 rings (SSSR count). The highest BCUT2D eigenvalue weighted by Gasteiger charge is 2.21. The Morgan fingerprint density at radius 1 is 1.26 bits per heavy atom. The molecule has 0 aromatic heterocycles. The highest BCUT2D eigenvalue weighted by Crippen LogP contribution is 2.26. The van der Waals surface area contributed by atoms with Gasteiger partial charge in [0.1, 0.15) is 0 Å². The van der Waals surface area contributed by atoms with Crippen molar-refractivity contribution < 1.29 is 8.42 Å². The quantitative estimate of drug-likeness (QED) is 0.836. The summed E-state index contributed by atoms with van der Waals surface area (Å²) in [6.45, 7) is 3.21. The van der Waals surface area contributed by atoms with Gasteiger partial charge in [-0.2, -0.15) is 0 Å². The molecule has 1 saturated heterocycles. The van der Waals surface area contributed by atoms with Gasteiger partial charge < -0.3 is 5.73 Å². The Balaban J connectivity index is 2.24. The summed E-state index contributed by atoms with van der Waals surface area (Å²) in [5, 5.41) is 2.14. The molecule has 1 aliphatic rings. The number of aryl methyl sites for hydroxylation is 1. The Kier molecular flexibility index (Phi) is 4.35. The van der Waals surface area contributed by atoms with E-state index in [1.54, 1.807) is 11.9 Å². The van der Waals surface area contributed by atoms with Crippen LogP contribution in [-0.4, -0.2) is 26.5 Å². The smallest absolute Gasteiger partial charge is 0.253 e. The predicted molar refractivity (Wildman–Crippen MR) is 76.3 cm³/mol. The fraction of sp³-hybridized carbons (Fsp3) is 0.500. The lowest BCUT2D eigenvalue weighted by Crippen LogP contribution is -2.44. The average Bonchev–Trinajstić information content (AvgIpc) is 2.36. The third kappa shape index (κ3) is 3.39. The Bertz CT molecular complexity index is 545. The van der Waals surface area contributed by atoms with E-state index in [9.17, 15) is 8.42 Å². The molecule has 0 bridgehead atoms. The van der Waals surface area contributed by atoms with E-state index in [2.05, 4.69) is 4.83 Å². The summed E-state index contributed by atoms with van der Waals surface area (Å²) < 4.78 is 24.5. The van der Waals surface area contributed by atoms with Crippen LogP contribution in [0.1, 0.15) is 24.8 Å². The van der Waals surface area contributed by atoms with E-state index >= 15 is 0 Å². The second-order valence-corrected chi connectivity index (χ2v) is 6.82. The fourth-order valence-electron chi connectivity index (χ4n) is 2.13. The van der Waals surface area contributed by atoms with Gasteiger partial charge in [0.2, 0.25) is 0 Å². The summed E-state index contributed by atoms with van der Waals surface area (Å²) >= 11 is 5.94. The molecule has 106 valence electrons. The number of hydrogen-bond donors (Lipinski definition) is 2. The second-order valence-electron chi connectivity index (χ2n) is 4.79. The van der Waals surface area contributed by atoms with E-state index in [0.29, 0.717) is 10.6 Å². The topological polar surface area (TPSA) is 75.4 Å². The van der Waals surface area contributed by atoms with Crippen LogP contribution < -0.4 is 10.6 Å². The van der Waals surface area contributed by atoms with Crippen LogP contribution >= 0.6 is 11.6 Å². The molecule has 0 spiro atoms. The number of anilines is 1. The molecule has 5 nitrogen and oxygen atoms in total. The average molecular weight is 304 g/mol. The van der Waals surface area contributed by atoms with Gasteiger partial charge in [-0.1, -0.05) is 18.0 Å². The van der Waals surface area contributed by atoms with Gasteiger partial charge in [0, 0.05) is 13.1 Å². The highest BCUT2D eigenvalue weighted by molar-refractivity contribution is 7.89. The van der Waals surface area contributed by atoms with Crippen LogP contribution in [0.4, 0.5) is 5.69 Å². The normalized spacial score (nSPS) is 17.6. The number of halogens is 1. The minimum absolute atomic E-state index is 0.150. The second kappa shape index (κ2) is 5.66. The van der Waals surface area contributed by atoms with Gasteiger partial charge in [0.05, 0.1) is 15.6 Å². The van der Waals surface area contributed by atoms with E-state index in [-0.39, 0.29) is 10.6 Å². The summed E-state index contributed by atoms with van der Waals surface area (Å²) in [6, 6.07) is 2.92. The van der Waals surface area contributed by atoms with Crippen molar-refractivity contribution in [2.45, 2.75) is 31.1 Å². The first kappa shape index (κ1) is 14.6. The van der Waals surface area contributed by atoms with Crippen LogP contribution in [-0.2, 0) is 10.0 Å². The maximum Gasteiger partial charge on any atom is 0.253 e. The van der Waals surface area contributed by atoms with Crippen LogP contribution in [0.5, 0.6) is 0 Å². The van der Waals surface area contributed by atoms with Crippen LogP contribution in [0.2, 0.25) is 5.02 Å². The lowest BCUT2D eigenvalue weighted by Gasteiger charge is -2.26. The zero-order valence-electron chi connectivity index (χ0n) is 10.8. The van der Waals surface area contributed by atoms with Gasteiger partial charge in [-0.3, -0.25) is 0 Å². The minimum Gasteiger partial charge on any atom is -0.397 e. The number of nitrogen functional groups attached to an aromatic ring is 1. The number of rotatable bonds is 3. The number of piperidine rings is 1. The molecule has 0 radical (unpaired) electrons. The Morgan fingerprint density at radius 2 is 1.89 bits per heavy atom. The lowest BCUT2D eigenvalue weighted by molar-refractivity contribution is 0.200. The number of hydrogen-bond acceptors (Lipinski definition) is 4. The molecule has 0 aliphatic carbocycles. The summed E-state index contributed by atoms with van der Waals surface area (Å²) in [7, 11) is -3.58. The molecule has 19 heavy (non-hydrogen) atoms. The van der Waals surface area contributed by atoms with Gasteiger partial charge in [0.15, 0.2) is 0 Å². The van der Waals surface area contributed by atoms with Crippen LogP contribution in [0, 0.1) is 6.92 Å². The molecule has 1 heterocycles. The van der Waals surface area contributed by atoms with Crippen molar-refractivity contribution >= 4 is 27.3 Å². The summed E-state index contributed by atoms with van der Waals surface area (Å²) in [5.74, 6) is 0. The zero-order chi connectivity index (χ0) is 14.0. The third-order valence-electron chi connectivity index (χ3n) is 3.17. The van der Waals surface area contributed by atoms with E-state index in [4.69, 9.17) is 17.3 Å². The Morgan fingerprint density at radius 3 is 2.47 bits per heavy atom. The standard InChI is InChI=1S/C12H18ClN3O2S/c1-9-7-10(8-11(14)12(9)13)19(17,18)15-16-5-3-2-4-6-16/h7-8,15H,2-6,14H2,1H3. The Labute approximate surface area is 118 Å². The first-order valence-corrected chi connectivity index (χ1v) is 8.09. The predicted octanol–water partition coefficient (Wildman–Crippen LogP) is 1.91. The van der Waals surface area contributed by atoms with Crippen molar-refractivity contribution in [2.24, 2.45) is 0 Å². The maximum atomic E-state index is 12.3. The monoisotopic (exact) mass is 303 g/mol. The van der Waals surface area contributed by atoms with E-state index in [0.717, 1.165) is 32.4 Å². The van der Waals surface area contributed by atoms with Gasteiger partial charge >= 0.3 is 0 Å². The van der Waals surface area contributed by atoms with Crippen LogP contribution in [0.15, 0.2) is 17.0 Å². The lowest BCUT2D eigenvalue weighted by atomic mass is 10.2. The first-order valence-electron chi connectivity index (χ1n) is 6.23. The van der Waals surface area contributed by atoms with E-state index in [1.165, 1.54) is 12.1 Å². The third-order valence-corrected chi connectivity index (χ3v) is 5.04. The minimum atomic E-state index is -3.58. The molecular weight excluding hydrogens is 286 g/mol. The van der Waals surface area contributed by atoms with E-state index < -0.39 is 10.0 Å². The zero-order valence-corrected chi connectivity index (χ0v) is 12.4. The molecule has 7 heteroatoms. The van der Waals surface area contributed by atoms with E-state index in [1.807, 2.05) is 0 Å². The molecule has 1 aliphatic heterocycles. The molecule has 1 aromatic carbocycles. The molecule has 0 atom stereocenters. The molecule has 0 saturated carbocycles. The molecule has 0 amide bonds. The number of nitrogens with one attached hydrogen (secondary N) is 1. The molecule has 0 unspecified atom stereocenters. The molecule has 3 N–H and O–H groups in total. The van der Waals surface area contributed by atoms with Gasteiger partial charge in [-0.05, 0) is 37.5 Å². The number of nitrogens with zero attached hydrogens (tertiary/aromatic N) is 1. The van der Waals surface area contributed by atoms with Gasteiger partial charge in [-0.15, -0.1) is 4.83 Å². The number of nitrogens with two attached hydrogens (primary N) is 1. The van der Waals surface area contributed by atoms with Gasteiger partial charge in [0.25, 0.3) is 10.0 Å². The van der Waals surface area contributed by atoms with Crippen molar-refractivity contribution in [1.82, 2.24) is 9.84 Å². The summed E-state index contributed by atoms with van der Waals surface area (Å²) in [5.41, 5.74) is 6.65. The molecular formula is C12H18ClN3O2S. The van der Waals surface area contributed by atoms with Crippen molar-refractivity contribution in [3.63, 3.8) is 0 Å². The largest absolute Gasteiger partial charge is 0.397 e. The van der Waals surface area contributed by atoms with Crippen molar-refractivity contribution in [1.29, 1.82) is 0 Å². The summed E-state index contributed by atoms with van der Waals surface area (Å²) in [6.07, 6.45) is 3.15. The number of benzene rings is 1. The number of hydrazine groups is 1. The number of sulfonamides is 1. The highest BCUT2D eigenvalue weighted by atomic mass is 35.5. The maximum absolute atomic E-state index is 12.3. The summed E-state index contributed by atoms with van der Waals surface area (Å²) in [4.78, 5) is 2.74.